The number of hydrogen-bond acceptors (Lipinski definition) is 4. The molecule has 0 aromatic carbocycles. The molecule has 0 aliphatic carbocycles. The van der Waals surface area contributed by atoms with Gasteiger partial charge in [0.25, 0.3) is 0 Å². The molecule has 1 aromatic rings. The van der Waals surface area contributed by atoms with Gasteiger partial charge < -0.3 is 10.5 Å². The second-order valence-electron chi connectivity index (χ2n) is 5.15. The van der Waals surface area contributed by atoms with E-state index in [0.29, 0.717) is 12.5 Å². The van der Waals surface area contributed by atoms with Crippen molar-refractivity contribution in [2.24, 2.45) is 11.7 Å². The standard InChI is InChI=1S/C13H21BrN2OS/c1-10-7-17-4-3-13(10,9-15)16(2)6-11-5-12(14)18-8-11/h5,8,10H,3-4,6-7,9,15H2,1-2H3. The molecule has 102 valence electrons. The molecule has 0 saturated carbocycles. The van der Waals surface area contributed by atoms with E-state index in [4.69, 9.17) is 10.5 Å². The van der Waals surface area contributed by atoms with E-state index >= 15 is 0 Å². The highest BCUT2D eigenvalue weighted by Gasteiger charge is 2.41. The minimum absolute atomic E-state index is 0.0761. The normalized spacial score (nSPS) is 28.8. The van der Waals surface area contributed by atoms with Crippen molar-refractivity contribution in [2.45, 2.75) is 25.4 Å². The van der Waals surface area contributed by atoms with Crippen LogP contribution in [0.25, 0.3) is 0 Å². The van der Waals surface area contributed by atoms with Gasteiger partial charge in [-0.2, -0.15) is 0 Å². The van der Waals surface area contributed by atoms with Gasteiger partial charge in [0.05, 0.1) is 10.4 Å². The topological polar surface area (TPSA) is 38.5 Å². The van der Waals surface area contributed by atoms with Crippen molar-refractivity contribution < 1.29 is 4.74 Å². The third-order valence-electron chi connectivity index (χ3n) is 4.12. The Morgan fingerprint density at radius 1 is 1.67 bits per heavy atom. The summed E-state index contributed by atoms with van der Waals surface area (Å²) in [5.74, 6) is 0.475. The van der Waals surface area contributed by atoms with Crippen LogP contribution < -0.4 is 5.73 Å². The average molecular weight is 333 g/mol. The molecule has 2 atom stereocenters. The van der Waals surface area contributed by atoms with Gasteiger partial charge >= 0.3 is 0 Å². The summed E-state index contributed by atoms with van der Waals surface area (Å²) in [6, 6.07) is 2.19. The number of likely N-dealkylation sites (N-methyl/N-ethyl adjacent to an activating group) is 1. The first-order valence-electron chi connectivity index (χ1n) is 6.30. The van der Waals surface area contributed by atoms with Gasteiger partial charge in [0.15, 0.2) is 0 Å². The fourth-order valence-corrected chi connectivity index (χ4v) is 4.00. The van der Waals surface area contributed by atoms with Crippen LogP contribution in [0.3, 0.4) is 0 Å². The van der Waals surface area contributed by atoms with Gasteiger partial charge in [0.1, 0.15) is 0 Å². The van der Waals surface area contributed by atoms with E-state index in [1.165, 1.54) is 9.35 Å². The summed E-state index contributed by atoms with van der Waals surface area (Å²) in [5.41, 5.74) is 7.51. The molecular weight excluding hydrogens is 312 g/mol. The maximum atomic E-state index is 6.08. The number of nitrogens with zero attached hydrogens (tertiary/aromatic N) is 1. The molecule has 2 heterocycles. The molecule has 18 heavy (non-hydrogen) atoms. The third-order valence-corrected chi connectivity index (χ3v) is 5.67. The highest BCUT2D eigenvalue weighted by atomic mass is 79.9. The lowest BCUT2D eigenvalue weighted by molar-refractivity contribution is -0.0593. The van der Waals surface area contributed by atoms with Crippen LogP contribution in [0.15, 0.2) is 15.2 Å². The van der Waals surface area contributed by atoms with Crippen molar-refractivity contribution in [3.05, 3.63) is 20.8 Å². The molecule has 0 radical (unpaired) electrons. The molecule has 5 heteroatoms. The summed E-state index contributed by atoms with van der Waals surface area (Å²) in [6.07, 6.45) is 1.02. The van der Waals surface area contributed by atoms with E-state index in [-0.39, 0.29) is 5.54 Å². The molecule has 0 bridgehead atoms. The van der Waals surface area contributed by atoms with E-state index in [0.717, 1.165) is 26.2 Å². The van der Waals surface area contributed by atoms with Crippen molar-refractivity contribution in [2.75, 3.05) is 26.8 Å². The van der Waals surface area contributed by atoms with Gasteiger partial charge in [-0.05, 0) is 52.3 Å². The fourth-order valence-electron chi connectivity index (χ4n) is 2.80. The van der Waals surface area contributed by atoms with Gasteiger partial charge in [0.2, 0.25) is 0 Å². The Morgan fingerprint density at radius 3 is 3.00 bits per heavy atom. The van der Waals surface area contributed by atoms with Crippen LogP contribution in [0.1, 0.15) is 18.9 Å². The summed E-state index contributed by atoms with van der Waals surface area (Å²) in [7, 11) is 2.18. The Morgan fingerprint density at radius 2 is 2.44 bits per heavy atom. The molecule has 2 N–H and O–H groups in total. The molecule has 0 amide bonds. The summed E-state index contributed by atoms with van der Waals surface area (Å²) in [6.45, 7) is 5.52. The lowest BCUT2D eigenvalue weighted by Crippen LogP contribution is -2.59. The molecule has 3 nitrogen and oxygen atoms in total. The minimum atomic E-state index is 0.0761. The maximum Gasteiger partial charge on any atom is 0.0701 e. The van der Waals surface area contributed by atoms with E-state index in [1.54, 1.807) is 11.3 Å². The quantitative estimate of drug-likeness (QED) is 0.921. The second kappa shape index (κ2) is 6.01. The van der Waals surface area contributed by atoms with Crippen LogP contribution in [0.5, 0.6) is 0 Å². The molecule has 1 aromatic heterocycles. The number of halogens is 1. The van der Waals surface area contributed by atoms with Crippen LogP contribution in [-0.2, 0) is 11.3 Å². The molecule has 2 unspecified atom stereocenters. The number of rotatable bonds is 4. The van der Waals surface area contributed by atoms with Gasteiger partial charge in [-0.1, -0.05) is 6.92 Å². The van der Waals surface area contributed by atoms with Gasteiger partial charge in [0, 0.05) is 25.2 Å². The molecule has 1 fully saturated rings. The Labute approximate surface area is 121 Å². The lowest BCUT2D eigenvalue weighted by atomic mass is 9.79. The second-order valence-corrected chi connectivity index (χ2v) is 7.44. The Hall–Kier alpha value is 0.0600. The van der Waals surface area contributed by atoms with Gasteiger partial charge in [-0.3, -0.25) is 4.90 Å². The number of ether oxygens (including phenoxy) is 1. The first-order valence-corrected chi connectivity index (χ1v) is 7.98. The average Bonchev–Trinajstić information content (AvgIpc) is 2.75. The van der Waals surface area contributed by atoms with E-state index in [1.807, 2.05) is 0 Å². The zero-order chi connectivity index (χ0) is 13.2. The van der Waals surface area contributed by atoms with Gasteiger partial charge in [-0.25, -0.2) is 0 Å². The molecule has 1 saturated heterocycles. The molecule has 2 rings (SSSR count). The number of thiophene rings is 1. The van der Waals surface area contributed by atoms with Crippen molar-refractivity contribution in [3.8, 4) is 0 Å². The summed E-state index contributed by atoms with van der Waals surface area (Å²) in [5, 5.41) is 2.20. The molecule has 0 spiro atoms. The van der Waals surface area contributed by atoms with E-state index in [2.05, 4.69) is 46.2 Å². The Kier molecular flexibility index (Phi) is 4.83. The highest BCUT2D eigenvalue weighted by Crippen LogP contribution is 2.33. The largest absolute Gasteiger partial charge is 0.381 e. The zero-order valence-electron chi connectivity index (χ0n) is 11.0. The van der Waals surface area contributed by atoms with Crippen LogP contribution in [0.4, 0.5) is 0 Å². The van der Waals surface area contributed by atoms with E-state index in [9.17, 15) is 0 Å². The van der Waals surface area contributed by atoms with Crippen molar-refractivity contribution >= 4 is 27.3 Å². The minimum Gasteiger partial charge on any atom is -0.381 e. The summed E-state index contributed by atoms with van der Waals surface area (Å²) in [4.78, 5) is 2.41. The van der Waals surface area contributed by atoms with Crippen LogP contribution in [0.2, 0.25) is 0 Å². The van der Waals surface area contributed by atoms with Crippen molar-refractivity contribution in [3.63, 3.8) is 0 Å². The van der Waals surface area contributed by atoms with Crippen LogP contribution in [0, 0.1) is 5.92 Å². The first kappa shape index (κ1) is 14.5. The van der Waals surface area contributed by atoms with Crippen molar-refractivity contribution in [1.82, 2.24) is 4.90 Å². The fraction of sp³-hybridized carbons (Fsp3) is 0.692. The highest BCUT2D eigenvalue weighted by molar-refractivity contribution is 9.11. The smallest absolute Gasteiger partial charge is 0.0701 e. The molecular formula is C13H21BrN2OS. The van der Waals surface area contributed by atoms with Crippen LogP contribution >= 0.6 is 27.3 Å². The Balaban J connectivity index is 2.11. The van der Waals surface area contributed by atoms with Crippen LogP contribution in [-0.4, -0.2) is 37.2 Å². The maximum absolute atomic E-state index is 6.08. The molecule has 1 aliphatic rings. The monoisotopic (exact) mass is 332 g/mol. The summed E-state index contributed by atoms with van der Waals surface area (Å²) >= 11 is 5.25. The summed E-state index contributed by atoms with van der Waals surface area (Å²) < 4.78 is 6.74. The SMILES string of the molecule is CC1COCCC1(CN)N(C)Cc1csc(Br)c1. The predicted octanol–water partition coefficient (Wildman–Crippen LogP) is 2.70. The molecule has 1 aliphatic heterocycles. The first-order chi connectivity index (χ1) is 8.58. The Bertz CT molecular complexity index is 398. The number of hydrogen-bond donors (Lipinski definition) is 1. The number of nitrogens with two attached hydrogens (primary N) is 1. The van der Waals surface area contributed by atoms with E-state index < -0.39 is 0 Å². The lowest BCUT2D eigenvalue weighted by Gasteiger charge is -2.48. The third kappa shape index (κ3) is 2.80. The van der Waals surface area contributed by atoms with Crippen molar-refractivity contribution in [1.29, 1.82) is 0 Å². The predicted molar refractivity (Wildman–Crippen MR) is 79.9 cm³/mol. The zero-order valence-corrected chi connectivity index (χ0v) is 13.4. The van der Waals surface area contributed by atoms with Gasteiger partial charge in [-0.15, -0.1) is 11.3 Å².